The highest BCUT2D eigenvalue weighted by Gasteiger charge is 2.33. The zero-order valence-corrected chi connectivity index (χ0v) is 22.4. The molecule has 39 heavy (non-hydrogen) atoms. The number of methoxy groups -OCH3 is 1. The minimum absolute atomic E-state index is 0.00751. The summed E-state index contributed by atoms with van der Waals surface area (Å²) >= 11 is 0. The van der Waals surface area contributed by atoms with Crippen LogP contribution < -0.4 is 10.6 Å². The molecule has 0 atom stereocenters. The summed E-state index contributed by atoms with van der Waals surface area (Å²) in [6.07, 6.45) is -4.16. The molecular weight excluding hydrogens is 513 g/mol. The number of fused-ring (bicyclic) bond motifs is 1. The largest absolute Gasteiger partial charge is 0.453 e. The van der Waals surface area contributed by atoms with Gasteiger partial charge in [0.05, 0.1) is 19.2 Å². The molecule has 0 aliphatic carbocycles. The number of alkyl halides is 3. The third-order valence-electron chi connectivity index (χ3n) is 6.50. The van der Waals surface area contributed by atoms with E-state index in [0.717, 1.165) is 22.9 Å². The summed E-state index contributed by atoms with van der Waals surface area (Å²) in [5.74, 6) is -0.0490. The summed E-state index contributed by atoms with van der Waals surface area (Å²) in [4.78, 5) is 40.3. The van der Waals surface area contributed by atoms with Crippen molar-refractivity contribution in [2.75, 3.05) is 38.6 Å². The quantitative estimate of drug-likeness (QED) is 0.459. The van der Waals surface area contributed by atoms with Crippen molar-refractivity contribution in [3.05, 3.63) is 64.7 Å². The normalized spacial score (nSPS) is 13.1. The highest BCUT2D eigenvalue weighted by Crippen LogP contribution is 2.32. The molecule has 11 heteroatoms. The average molecular weight is 549 g/mol. The fourth-order valence-electron chi connectivity index (χ4n) is 4.55. The number of ether oxygens (including phenoxy) is 1. The minimum atomic E-state index is -4.57. The maximum Gasteiger partial charge on any atom is 0.416 e. The van der Waals surface area contributed by atoms with E-state index in [-0.39, 0.29) is 43.6 Å². The average Bonchev–Trinajstić information content (AvgIpc) is 2.89. The van der Waals surface area contributed by atoms with Gasteiger partial charge in [-0.2, -0.15) is 13.2 Å². The highest BCUT2D eigenvalue weighted by molar-refractivity contribution is 5.82. The van der Waals surface area contributed by atoms with Gasteiger partial charge in [0.2, 0.25) is 11.8 Å². The summed E-state index contributed by atoms with van der Waals surface area (Å²) in [6.45, 7) is 4.64. The van der Waals surface area contributed by atoms with Crippen LogP contribution >= 0.6 is 0 Å². The molecule has 2 aromatic rings. The Kier molecular flexibility index (Phi) is 10.2. The van der Waals surface area contributed by atoms with Crippen LogP contribution in [0.5, 0.6) is 0 Å². The van der Waals surface area contributed by atoms with E-state index >= 15 is 0 Å². The number of alkyl carbamates (subject to hydrolysis) is 1. The number of benzene rings is 2. The number of hydrogen-bond donors (Lipinski definition) is 2. The molecule has 0 aromatic heterocycles. The van der Waals surface area contributed by atoms with E-state index < -0.39 is 23.7 Å². The Bertz CT molecular complexity index is 1170. The maximum atomic E-state index is 13.6. The Hall–Kier alpha value is -3.76. The van der Waals surface area contributed by atoms with Crippen molar-refractivity contribution < 1.29 is 32.3 Å². The van der Waals surface area contributed by atoms with Crippen LogP contribution in [0.3, 0.4) is 0 Å². The maximum absolute atomic E-state index is 13.6. The monoisotopic (exact) mass is 548 g/mol. The molecule has 2 aromatic carbocycles. The zero-order valence-electron chi connectivity index (χ0n) is 22.4. The number of amides is 3. The van der Waals surface area contributed by atoms with Crippen LogP contribution in [0.1, 0.15) is 42.5 Å². The Balaban J connectivity index is 1.72. The smallest absolute Gasteiger partial charge is 0.416 e. The van der Waals surface area contributed by atoms with Crippen molar-refractivity contribution in [2.24, 2.45) is 5.92 Å². The van der Waals surface area contributed by atoms with E-state index in [0.29, 0.717) is 25.9 Å². The second-order valence-electron chi connectivity index (χ2n) is 9.85. The van der Waals surface area contributed by atoms with Crippen LogP contribution in [0.4, 0.5) is 23.7 Å². The summed E-state index contributed by atoms with van der Waals surface area (Å²) in [6, 6.07) is 10.8. The first kappa shape index (κ1) is 29.8. The zero-order chi connectivity index (χ0) is 28.6. The van der Waals surface area contributed by atoms with Gasteiger partial charge in [-0.1, -0.05) is 44.2 Å². The van der Waals surface area contributed by atoms with Gasteiger partial charge in [-0.15, -0.1) is 0 Å². The summed E-state index contributed by atoms with van der Waals surface area (Å²) in [5.41, 5.74) is 1.90. The van der Waals surface area contributed by atoms with Crippen LogP contribution in [0, 0.1) is 5.92 Å². The van der Waals surface area contributed by atoms with Crippen molar-refractivity contribution in [2.45, 2.75) is 46.0 Å². The molecule has 0 saturated carbocycles. The Morgan fingerprint density at radius 1 is 1.10 bits per heavy atom. The molecule has 0 spiro atoms. The van der Waals surface area contributed by atoms with E-state index in [9.17, 15) is 27.6 Å². The Morgan fingerprint density at radius 3 is 2.54 bits per heavy atom. The van der Waals surface area contributed by atoms with Crippen LogP contribution in [0.15, 0.2) is 42.5 Å². The van der Waals surface area contributed by atoms with Gasteiger partial charge in [-0.25, -0.2) is 4.79 Å². The van der Waals surface area contributed by atoms with E-state index in [1.807, 2.05) is 36.9 Å². The van der Waals surface area contributed by atoms with Gasteiger partial charge in [0.15, 0.2) is 0 Å². The number of carbonyl (C=O) groups excluding carboxylic acids is 3. The number of hydrogen-bond acceptors (Lipinski definition) is 5. The lowest BCUT2D eigenvalue weighted by molar-refractivity contribution is -0.139. The molecule has 8 nitrogen and oxygen atoms in total. The van der Waals surface area contributed by atoms with Gasteiger partial charge in [0.25, 0.3) is 0 Å². The molecule has 3 rings (SSSR count). The van der Waals surface area contributed by atoms with Gasteiger partial charge < -0.3 is 25.2 Å². The third kappa shape index (κ3) is 8.36. The molecular formula is C28H35F3N4O4. The summed E-state index contributed by atoms with van der Waals surface area (Å²) < 4.78 is 45.2. The van der Waals surface area contributed by atoms with E-state index in [1.54, 1.807) is 0 Å². The molecule has 1 aliphatic heterocycles. The van der Waals surface area contributed by atoms with E-state index in [1.165, 1.54) is 30.2 Å². The molecule has 1 aliphatic rings. The molecule has 212 valence electrons. The Labute approximate surface area is 226 Å². The molecule has 0 unspecified atom stereocenters. The summed E-state index contributed by atoms with van der Waals surface area (Å²) in [7, 11) is 1.20. The lowest BCUT2D eigenvalue weighted by atomic mass is 9.97. The van der Waals surface area contributed by atoms with Gasteiger partial charge in [0.1, 0.15) is 0 Å². The first-order chi connectivity index (χ1) is 18.5. The third-order valence-corrected chi connectivity index (χ3v) is 6.50. The number of halogens is 3. The van der Waals surface area contributed by atoms with Crippen LogP contribution in [0.25, 0.3) is 0 Å². The van der Waals surface area contributed by atoms with E-state index in [4.69, 9.17) is 0 Å². The van der Waals surface area contributed by atoms with Gasteiger partial charge in [-0.3, -0.25) is 9.59 Å². The van der Waals surface area contributed by atoms with Crippen molar-refractivity contribution >= 4 is 23.6 Å². The fourth-order valence-corrected chi connectivity index (χ4v) is 4.55. The van der Waals surface area contributed by atoms with Crippen LogP contribution in [-0.2, 0) is 40.0 Å². The minimum Gasteiger partial charge on any atom is -0.453 e. The van der Waals surface area contributed by atoms with Crippen molar-refractivity contribution in [3.8, 4) is 0 Å². The number of anilines is 1. The van der Waals surface area contributed by atoms with Crippen molar-refractivity contribution in [1.82, 2.24) is 15.1 Å². The molecule has 1 heterocycles. The van der Waals surface area contributed by atoms with Crippen molar-refractivity contribution in [3.63, 3.8) is 0 Å². The highest BCUT2D eigenvalue weighted by atomic mass is 19.4. The standard InChI is InChI=1S/C28H35F3N4O4/c1-19(2)15-25(36)34-13-11-22-20(17-34)8-6-10-24(22)33-16-26(37)35(14-12-32-27(38)39-3)18-21-7-4-5-9-23(21)28(29,30)31/h4-10,19,33H,11-18H2,1-3H3,(H,32,38). The lowest BCUT2D eigenvalue weighted by Gasteiger charge is -2.31. The van der Waals surface area contributed by atoms with Crippen molar-refractivity contribution in [1.29, 1.82) is 0 Å². The van der Waals surface area contributed by atoms with Gasteiger partial charge in [0, 0.05) is 44.8 Å². The number of nitrogens with zero attached hydrogens (tertiary/aromatic N) is 2. The number of nitrogens with one attached hydrogen (secondary N) is 2. The first-order valence-corrected chi connectivity index (χ1v) is 12.9. The number of rotatable bonds is 10. The molecule has 0 bridgehead atoms. The second-order valence-corrected chi connectivity index (χ2v) is 9.85. The lowest BCUT2D eigenvalue weighted by Crippen LogP contribution is -2.41. The Morgan fingerprint density at radius 2 is 1.85 bits per heavy atom. The molecule has 0 fully saturated rings. The number of carbonyl (C=O) groups is 3. The topological polar surface area (TPSA) is 91.0 Å². The van der Waals surface area contributed by atoms with E-state index in [2.05, 4.69) is 15.4 Å². The van der Waals surface area contributed by atoms with Crippen LogP contribution in [0.2, 0.25) is 0 Å². The molecule has 3 amide bonds. The fraction of sp³-hybridized carbons (Fsp3) is 0.464. The first-order valence-electron chi connectivity index (χ1n) is 12.9. The molecule has 0 radical (unpaired) electrons. The second kappa shape index (κ2) is 13.3. The molecule has 0 saturated heterocycles. The van der Waals surface area contributed by atoms with Crippen LogP contribution in [-0.4, -0.2) is 61.0 Å². The SMILES string of the molecule is COC(=O)NCCN(Cc1ccccc1C(F)(F)F)C(=O)CNc1cccc2c1CCN(C(=O)CC(C)C)C2. The summed E-state index contributed by atoms with van der Waals surface area (Å²) in [5, 5.41) is 5.60. The predicted molar refractivity (Wildman–Crippen MR) is 141 cm³/mol. The predicted octanol–water partition coefficient (Wildman–Crippen LogP) is 4.43. The molecule has 2 N–H and O–H groups in total. The van der Waals surface area contributed by atoms with Gasteiger partial charge >= 0.3 is 12.3 Å². The van der Waals surface area contributed by atoms with Gasteiger partial charge in [-0.05, 0) is 41.2 Å².